The number of anilines is 1. The molecule has 0 atom stereocenters. The molecule has 0 aliphatic rings. The highest BCUT2D eigenvalue weighted by atomic mass is 16.6. The summed E-state index contributed by atoms with van der Waals surface area (Å²) in [6, 6.07) is 4.44. The molecular formula is C11H14N4O3. The van der Waals surface area contributed by atoms with Gasteiger partial charge in [0.05, 0.1) is 4.92 Å². The quantitative estimate of drug-likeness (QED) is 0.430. The lowest BCUT2D eigenvalue weighted by molar-refractivity contribution is -0.385. The Labute approximate surface area is 104 Å². The van der Waals surface area contributed by atoms with Gasteiger partial charge in [0.15, 0.2) is 0 Å². The van der Waals surface area contributed by atoms with Crippen molar-refractivity contribution in [1.82, 2.24) is 4.98 Å². The molecule has 96 valence electrons. The molecule has 0 amide bonds. The van der Waals surface area contributed by atoms with E-state index in [4.69, 9.17) is 10.4 Å². The van der Waals surface area contributed by atoms with Crippen molar-refractivity contribution in [2.75, 3.05) is 18.5 Å². The summed E-state index contributed by atoms with van der Waals surface area (Å²) in [4.78, 5) is 13.8. The van der Waals surface area contributed by atoms with Crippen LogP contribution in [0, 0.1) is 21.4 Å². The second kappa shape index (κ2) is 7.19. The van der Waals surface area contributed by atoms with E-state index in [-0.39, 0.29) is 18.0 Å². The number of hydrogen-bond donors (Lipinski definition) is 2. The van der Waals surface area contributed by atoms with E-state index in [0.717, 1.165) is 19.3 Å². The molecule has 0 bridgehead atoms. The van der Waals surface area contributed by atoms with E-state index in [1.165, 1.54) is 12.1 Å². The summed E-state index contributed by atoms with van der Waals surface area (Å²) in [5, 5.41) is 30.9. The number of aliphatic hydroxyl groups excluding tert-OH is 1. The number of nitriles is 1. The van der Waals surface area contributed by atoms with Crippen molar-refractivity contribution < 1.29 is 10.0 Å². The van der Waals surface area contributed by atoms with Crippen LogP contribution in [0.3, 0.4) is 0 Å². The van der Waals surface area contributed by atoms with Crippen LogP contribution >= 0.6 is 0 Å². The largest absolute Gasteiger partial charge is 0.396 e. The predicted octanol–water partition coefficient (Wildman–Crippen LogP) is 1.44. The third-order valence-corrected chi connectivity index (χ3v) is 2.32. The lowest BCUT2D eigenvalue weighted by Gasteiger charge is -2.05. The molecule has 0 unspecified atom stereocenters. The first-order valence-corrected chi connectivity index (χ1v) is 5.59. The van der Waals surface area contributed by atoms with E-state index in [2.05, 4.69) is 10.3 Å². The Bertz CT molecular complexity index is 456. The summed E-state index contributed by atoms with van der Waals surface area (Å²) in [6.07, 6.45) is 2.50. The SMILES string of the molecule is N#Cc1nc(NCCCCCO)ccc1[N+](=O)[O-]. The molecule has 1 aromatic rings. The van der Waals surface area contributed by atoms with Crippen LogP contribution in [0.25, 0.3) is 0 Å². The number of nitro groups is 1. The van der Waals surface area contributed by atoms with Gasteiger partial charge in [-0.3, -0.25) is 10.1 Å². The molecule has 7 heteroatoms. The highest BCUT2D eigenvalue weighted by Gasteiger charge is 2.15. The Morgan fingerprint density at radius 2 is 2.22 bits per heavy atom. The van der Waals surface area contributed by atoms with Crippen LogP contribution in [0.5, 0.6) is 0 Å². The third kappa shape index (κ3) is 3.99. The van der Waals surface area contributed by atoms with Gasteiger partial charge < -0.3 is 10.4 Å². The highest BCUT2D eigenvalue weighted by molar-refractivity contribution is 5.50. The fraction of sp³-hybridized carbons (Fsp3) is 0.455. The molecule has 2 N–H and O–H groups in total. The summed E-state index contributed by atoms with van der Waals surface area (Å²) in [7, 11) is 0. The number of aromatic nitrogens is 1. The zero-order valence-corrected chi connectivity index (χ0v) is 9.80. The summed E-state index contributed by atoms with van der Waals surface area (Å²) >= 11 is 0. The van der Waals surface area contributed by atoms with Crippen LogP contribution in [0.15, 0.2) is 12.1 Å². The number of nitrogens with zero attached hydrogens (tertiary/aromatic N) is 3. The Morgan fingerprint density at radius 1 is 1.44 bits per heavy atom. The first kappa shape index (κ1) is 13.9. The van der Waals surface area contributed by atoms with Gasteiger partial charge in [-0.15, -0.1) is 0 Å². The number of aliphatic hydroxyl groups is 1. The van der Waals surface area contributed by atoms with Gasteiger partial charge in [-0.25, -0.2) is 4.98 Å². The van der Waals surface area contributed by atoms with Crippen molar-refractivity contribution in [3.05, 3.63) is 27.9 Å². The molecule has 0 saturated heterocycles. The van der Waals surface area contributed by atoms with E-state index >= 15 is 0 Å². The molecule has 1 heterocycles. The minimum atomic E-state index is -0.628. The lowest BCUT2D eigenvalue weighted by Crippen LogP contribution is -2.05. The molecule has 0 aromatic carbocycles. The Morgan fingerprint density at radius 3 is 2.83 bits per heavy atom. The smallest absolute Gasteiger partial charge is 0.305 e. The molecule has 7 nitrogen and oxygen atoms in total. The van der Waals surface area contributed by atoms with Crippen LogP contribution in [0.1, 0.15) is 25.0 Å². The molecule has 0 spiro atoms. The van der Waals surface area contributed by atoms with Crippen molar-refractivity contribution in [1.29, 1.82) is 5.26 Å². The van der Waals surface area contributed by atoms with Crippen LogP contribution in [-0.2, 0) is 0 Å². The van der Waals surface area contributed by atoms with E-state index in [9.17, 15) is 10.1 Å². The summed E-state index contributed by atoms with van der Waals surface area (Å²) in [6.45, 7) is 0.823. The van der Waals surface area contributed by atoms with Gasteiger partial charge in [0.1, 0.15) is 11.9 Å². The maximum Gasteiger partial charge on any atom is 0.305 e. The lowest BCUT2D eigenvalue weighted by atomic mass is 10.2. The molecule has 1 aromatic heterocycles. The third-order valence-electron chi connectivity index (χ3n) is 2.32. The average molecular weight is 250 g/mol. The summed E-state index contributed by atoms with van der Waals surface area (Å²) < 4.78 is 0. The topological polar surface area (TPSA) is 112 Å². The number of rotatable bonds is 7. The van der Waals surface area contributed by atoms with Gasteiger partial charge in [0.2, 0.25) is 5.69 Å². The molecule has 0 aliphatic heterocycles. The van der Waals surface area contributed by atoms with Crippen molar-refractivity contribution in [2.45, 2.75) is 19.3 Å². The Hall–Kier alpha value is -2.20. The Kier molecular flexibility index (Phi) is 5.54. The second-order valence-corrected chi connectivity index (χ2v) is 3.64. The zero-order chi connectivity index (χ0) is 13.4. The van der Waals surface area contributed by atoms with Gasteiger partial charge >= 0.3 is 5.69 Å². The van der Waals surface area contributed by atoms with Crippen LogP contribution in [0.4, 0.5) is 11.5 Å². The molecule has 0 radical (unpaired) electrons. The number of hydrogen-bond acceptors (Lipinski definition) is 6. The zero-order valence-electron chi connectivity index (χ0n) is 9.80. The van der Waals surface area contributed by atoms with Crippen LogP contribution in [-0.4, -0.2) is 28.2 Å². The monoisotopic (exact) mass is 250 g/mol. The minimum Gasteiger partial charge on any atom is -0.396 e. The summed E-state index contributed by atoms with van der Waals surface area (Å²) in [5.74, 6) is 0.446. The number of nitrogens with one attached hydrogen (secondary N) is 1. The van der Waals surface area contributed by atoms with Crippen LogP contribution in [0.2, 0.25) is 0 Å². The van der Waals surface area contributed by atoms with E-state index < -0.39 is 4.92 Å². The molecule has 0 saturated carbocycles. The maximum absolute atomic E-state index is 10.6. The van der Waals surface area contributed by atoms with E-state index in [0.29, 0.717) is 12.4 Å². The minimum absolute atomic E-state index is 0.175. The van der Waals surface area contributed by atoms with E-state index in [1.807, 2.05) is 0 Å². The average Bonchev–Trinajstić information content (AvgIpc) is 2.38. The van der Waals surface area contributed by atoms with Crippen molar-refractivity contribution in [3.8, 4) is 6.07 Å². The molecule has 0 aliphatic carbocycles. The molecule has 0 fully saturated rings. The van der Waals surface area contributed by atoms with Gasteiger partial charge in [-0.1, -0.05) is 0 Å². The van der Waals surface area contributed by atoms with E-state index in [1.54, 1.807) is 6.07 Å². The van der Waals surface area contributed by atoms with Crippen molar-refractivity contribution in [3.63, 3.8) is 0 Å². The maximum atomic E-state index is 10.6. The molecule has 18 heavy (non-hydrogen) atoms. The fourth-order valence-electron chi connectivity index (χ4n) is 1.41. The van der Waals surface area contributed by atoms with Gasteiger partial charge in [0.25, 0.3) is 0 Å². The fourth-order valence-corrected chi connectivity index (χ4v) is 1.41. The van der Waals surface area contributed by atoms with Crippen molar-refractivity contribution in [2.24, 2.45) is 0 Å². The highest BCUT2D eigenvalue weighted by Crippen LogP contribution is 2.17. The van der Waals surface area contributed by atoms with Crippen LogP contribution < -0.4 is 5.32 Å². The summed E-state index contributed by atoms with van der Waals surface area (Å²) in [5.41, 5.74) is -0.483. The van der Waals surface area contributed by atoms with Gasteiger partial charge in [-0.2, -0.15) is 5.26 Å². The molecule has 1 rings (SSSR count). The normalized spacial score (nSPS) is 9.78. The Balaban J connectivity index is 2.58. The number of pyridine rings is 1. The van der Waals surface area contributed by atoms with Gasteiger partial charge in [0, 0.05) is 19.2 Å². The van der Waals surface area contributed by atoms with Gasteiger partial charge in [-0.05, 0) is 25.3 Å². The predicted molar refractivity (Wildman–Crippen MR) is 65.0 cm³/mol. The van der Waals surface area contributed by atoms with Crippen molar-refractivity contribution >= 4 is 11.5 Å². The first-order valence-electron chi connectivity index (χ1n) is 5.59. The standard InChI is InChI=1S/C11H14N4O3/c12-8-9-10(15(17)18)4-5-11(14-9)13-6-2-1-3-7-16/h4-5,16H,1-3,6-7H2,(H,13,14). The number of unbranched alkanes of at least 4 members (excludes halogenated alkanes) is 2. The molecular weight excluding hydrogens is 236 g/mol. The first-order chi connectivity index (χ1) is 8.69. The second-order valence-electron chi connectivity index (χ2n) is 3.64.